The maximum atomic E-state index is 13.3. The molecule has 0 aliphatic heterocycles. The molecule has 11 heteroatoms. The Hall–Kier alpha value is -2.07. The topological polar surface area (TPSA) is 34.1 Å². The molecule has 0 saturated heterocycles. The van der Waals surface area contributed by atoms with E-state index in [1.807, 2.05) is 0 Å². The van der Waals surface area contributed by atoms with E-state index in [0.29, 0.717) is 0 Å². The summed E-state index contributed by atoms with van der Waals surface area (Å²) in [5.74, 6) is -25.1. The van der Waals surface area contributed by atoms with Crippen LogP contribution in [0.2, 0.25) is 0 Å². The zero-order valence-corrected chi connectivity index (χ0v) is 11.3. The van der Waals surface area contributed by atoms with Crippen molar-refractivity contribution in [3.63, 3.8) is 0 Å². The van der Waals surface area contributed by atoms with Crippen LogP contribution in [0.1, 0.15) is 16.8 Å². The molecule has 24 heavy (non-hydrogen) atoms. The lowest BCUT2D eigenvalue weighted by molar-refractivity contribution is -0.388. The number of hydrogen-bond acceptors (Lipinski definition) is 2. The van der Waals surface area contributed by atoms with Gasteiger partial charge in [0.15, 0.2) is 5.78 Å². The number of hydrogen-bond donors (Lipinski definition) is 0. The molecule has 134 valence electrons. The molecule has 0 heterocycles. The fourth-order valence-electron chi connectivity index (χ4n) is 1.53. The molecule has 0 aliphatic rings. The Bertz CT molecular complexity index is 620. The zero-order valence-electron chi connectivity index (χ0n) is 11.3. The van der Waals surface area contributed by atoms with E-state index < -0.39 is 41.9 Å². The van der Waals surface area contributed by atoms with Crippen LogP contribution in [-0.2, 0) is 4.79 Å². The van der Waals surface area contributed by atoms with Gasteiger partial charge in [-0.15, -0.1) is 0 Å². The fraction of sp³-hybridized carbons (Fsp3) is 0.385. The van der Waals surface area contributed by atoms with Crippen molar-refractivity contribution in [3.05, 3.63) is 35.9 Å². The molecule has 0 saturated carbocycles. The summed E-state index contributed by atoms with van der Waals surface area (Å²) in [7, 11) is 0. The predicted octanol–water partition coefficient (Wildman–Crippen LogP) is 4.30. The summed E-state index contributed by atoms with van der Waals surface area (Å²) < 4.78 is 114. The van der Waals surface area contributed by atoms with Crippen LogP contribution < -0.4 is 0 Å². The van der Waals surface area contributed by atoms with Gasteiger partial charge in [0, 0.05) is 5.56 Å². The van der Waals surface area contributed by atoms with Crippen molar-refractivity contribution >= 4 is 11.6 Å². The average molecular weight is 366 g/mol. The number of rotatable bonds is 6. The van der Waals surface area contributed by atoms with E-state index in [2.05, 4.69) is 0 Å². The number of halogens is 9. The maximum absolute atomic E-state index is 13.3. The van der Waals surface area contributed by atoms with Gasteiger partial charge >= 0.3 is 23.9 Å². The second kappa shape index (κ2) is 6.10. The van der Waals surface area contributed by atoms with Crippen LogP contribution in [0, 0.1) is 0 Å². The van der Waals surface area contributed by atoms with Crippen molar-refractivity contribution in [2.45, 2.75) is 30.4 Å². The molecule has 0 N–H and O–H groups in total. The van der Waals surface area contributed by atoms with Crippen molar-refractivity contribution < 1.29 is 49.1 Å². The summed E-state index contributed by atoms with van der Waals surface area (Å²) in [6.45, 7) is 0. The second-order valence-corrected chi connectivity index (χ2v) is 4.61. The van der Waals surface area contributed by atoms with Gasteiger partial charge in [0.05, 0.1) is 6.42 Å². The quantitative estimate of drug-likeness (QED) is 0.428. The van der Waals surface area contributed by atoms with Gasteiger partial charge in [-0.1, -0.05) is 30.3 Å². The minimum atomic E-state index is -7.17. The second-order valence-electron chi connectivity index (χ2n) is 4.61. The van der Waals surface area contributed by atoms with Gasteiger partial charge in [-0.3, -0.25) is 9.59 Å². The predicted molar refractivity (Wildman–Crippen MR) is 61.3 cm³/mol. The highest BCUT2D eigenvalue weighted by atomic mass is 19.4. The molecule has 0 radical (unpaired) electrons. The molecule has 1 aromatic rings. The SMILES string of the molecule is O=C(CC(=O)C(F)(F)C(F)(F)C(F)(F)C(F)(F)F)c1ccccc1. The largest absolute Gasteiger partial charge is 0.460 e. The van der Waals surface area contributed by atoms with Gasteiger partial charge in [-0.2, -0.15) is 39.5 Å². The first kappa shape index (κ1) is 20.0. The Morgan fingerprint density at radius 1 is 0.750 bits per heavy atom. The molecular weight excluding hydrogens is 359 g/mol. The normalized spacial score (nSPS) is 13.7. The number of Topliss-reactive ketones (excluding diaryl/α,β-unsaturated/α-hetero) is 2. The molecule has 1 rings (SSSR count). The summed E-state index contributed by atoms with van der Waals surface area (Å²) >= 11 is 0. The number of carbonyl (C=O) groups is 2. The highest BCUT2D eigenvalue weighted by Crippen LogP contribution is 2.53. The summed E-state index contributed by atoms with van der Waals surface area (Å²) in [6.07, 6.45) is -9.00. The average Bonchev–Trinajstić information content (AvgIpc) is 2.46. The Labute approximate surface area is 128 Å². The first-order valence-electron chi connectivity index (χ1n) is 5.98. The number of ketones is 2. The molecule has 0 amide bonds. The van der Waals surface area contributed by atoms with Crippen LogP contribution in [0.15, 0.2) is 30.3 Å². The minimum Gasteiger partial charge on any atom is -0.294 e. The Morgan fingerprint density at radius 2 is 1.21 bits per heavy atom. The van der Waals surface area contributed by atoms with E-state index >= 15 is 0 Å². The lowest BCUT2D eigenvalue weighted by atomic mass is 9.95. The van der Waals surface area contributed by atoms with E-state index in [1.165, 1.54) is 18.2 Å². The summed E-state index contributed by atoms with van der Waals surface area (Å²) in [4.78, 5) is 22.6. The number of benzene rings is 1. The van der Waals surface area contributed by atoms with Crippen molar-refractivity contribution in [2.24, 2.45) is 0 Å². The van der Waals surface area contributed by atoms with Crippen LogP contribution in [0.3, 0.4) is 0 Å². The third-order valence-corrected chi connectivity index (χ3v) is 2.91. The van der Waals surface area contributed by atoms with Crippen LogP contribution in [0.25, 0.3) is 0 Å². The molecule has 1 aromatic carbocycles. The van der Waals surface area contributed by atoms with E-state index in [9.17, 15) is 49.1 Å². The maximum Gasteiger partial charge on any atom is 0.460 e. The standard InChI is InChI=1S/C13H7F9O2/c14-10(15,11(16,17)12(18,19)13(20,21)22)9(24)6-8(23)7-4-2-1-3-5-7/h1-5H,6H2. The summed E-state index contributed by atoms with van der Waals surface area (Å²) in [6, 6.07) is 5.85. The Morgan fingerprint density at radius 3 is 1.62 bits per heavy atom. The third kappa shape index (κ3) is 3.24. The minimum absolute atomic E-state index is 0.382. The third-order valence-electron chi connectivity index (χ3n) is 2.91. The number of carbonyl (C=O) groups excluding carboxylic acids is 2. The van der Waals surface area contributed by atoms with Crippen LogP contribution in [0.4, 0.5) is 39.5 Å². The van der Waals surface area contributed by atoms with Crippen molar-refractivity contribution in [1.29, 1.82) is 0 Å². The molecule has 0 aromatic heterocycles. The van der Waals surface area contributed by atoms with Gasteiger partial charge in [0.2, 0.25) is 5.78 Å². The summed E-state index contributed by atoms with van der Waals surface area (Å²) in [5.41, 5.74) is -0.382. The van der Waals surface area contributed by atoms with E-state index in [-0.39, 0.29) is 5.56 Å². The smallest absolute Gasteiger partial charge is 0.294 e. The van der Waals surface area contributed by atoms with Crippen molar-refractivity contribution in [1.82, 2.24) is 0 Å². The fourth-order valence-corrected chi connectivity index (χ4v) is 1.53. The molecule has 2 nitrogen and oxygen atoms in total. The van der Waals surface area contributed by atoms with E-state index in [1.54, 1.807) is 0 Å². The molecular formula is C13H7F9O2. The Balaban J connectivity index is 3.10. The van der Waals surface area contributed by atoms with Crippen LogP contribution in [0.5, 0.6) is 0 Å². The van der Waals surface area contributed by atoms with Crippen LogP contribution in [-0.4, -0.2) is 35.5 Å². The molecule has 0 bridgehead atoms. The zero-order chi connectivity index (χ0) is 19.0. The highest BCUT2D eigenvalue weighted by Gasteiger charge is 2.83. The van der Waals surface area contributed by atoms with Gasteiger partial charge < -0.3 is 0 Å². The van der Waals surface area contributed by atoms with Crippen LogP contribution >= 0.6 is 0 Å². The molecule has 0 fully saturated rings. The van der Waals surface area contributed by atoms with Crippen molar-refractivity contribution in [3.8, 4) is 0 Å². The molecule has 0 spiro atoms. The molecule has 0 atom stereocenters. The molecule has 0 unspecified atom stereocenters. The lowest BCUT2D eigenvalue weighted by Crippen LogP contribution is -2.63. The highest BCUT2D eigenvalue weighted by molar-refractivity contribution is 6.10. The van der Waals surface area contributed by atoms with Gasteiger partial charge in [-0.05, 0) is 0 Å². The Kier molecular flexibility index (Phi) is 5.07. The summed E-state index contributed by atoms with van der Waals surface area (Å²) in [5, 5.41) is 0. The lowest BCUT2D eigenvalue weighted by Gasteiger charge is -2.32. The van der Waals surface area contributed by atoms with Gasteiger partial charge in [0.1, 0.15) is 0 Å². The first-order chi connectivity index (χ1) is 10.7. The number of alkyl halides is 9. The molecule has 0 aliphatic carbocycles. The first-order valence-corrected chi connectivity index (χ1v) is 5.98. The monoisotopic (exact) mass is 366 g/mol. The van der Waals surface area contributed by atoms with E-state index in [0.717, 1.165) is 12.1 Å². The van der Waals surface area contributed by atoms with Gasteiger partial charge in [-0.25, -0.2) is 0 Å². The van der Waals surface area contributed by atoms with Gasteiger partial charge in [0.25, 0.3) is 0 Å². The van der Waals surface area contributed by atoms with E-state index in [4.69, 9.17) is 0 Å². The van der Waals surface area contributed by atoms with Crippen molar-refractivity contribution in [2.75, 3.05) is 0 Å².